The van der Waals surface area contributed by atoms with Crippen molar-refractivity contribution < 1.29 is 19.4 Å². The first-order valence-corrected chi connectivity index (χ1v) is 7.47. The van der Waals surface area contributed by atoms with E-state index in [0.717, 1.165) is 0 Å². The van der Waals surface area contributed by atoms with Gasteiger partial charge in [0.05, 0.1) is 29.2 Å². The van der Waals surface area contributed by atoms with E-state index >= 15 is 0 Å². The normalized spacial score (nSPS) is 18.6. The van der Waals surface area contributed by atoms with E-state index in [1.807, 2.05) is 0 Å². The molecule has 1 heterocycles. The molecule has 0 radical (unpaired) electrons. The second-order valence-electron chi connectivity index (χ2n) is 4.85. The summed E-state index contributed by atoms with van der Waals surface area (Å²) in [5, 5.41) is 9.58. The van der Waals surface area contributed by atoms with Gasteiger partial charge in [-0.1, -0.05) is 35.3 Å². The minimum Gasteiger partial charge on any atom is -0.481 e. The molecule has 0 spiro atoms. The van der Waals surface area contributed by atoms with Crippen molar-refractivity contribution in [3.05, 3.63) is 39.9 Å². The Kier molecular flexibility index (Phi) is 5.83. The van der Waals surface area contributed by atoms with Crippen LogP contribution in [-0.4, -0.2) is 47.7 Å². The number of carboxylic acids is 1. The van der Waals surface area contributed by atoms with Crippen LogP contribution in [0, 0.1) is 0 Å². The second-order valence-corrected chi connectivity index (χ2v) is 5.64. The number of morpholine rings is 1. The Morgan fingerprint density at radius 3 is 2.91 bits per heavy atom. The largest absolute Gasteiger partial charge is 0.481 e. The number of hydrogen-bond acceptors (Lipinski definition) is 3. The predicted octanol–water partition coefficient (Wildman–Crippen LogP) is 2.71. The molecule has 118 valence electrons. The van der Waals surface area contributed by atoms with Gasteiger partial charge in [-0.3, -0.25) is 9.59 Å². The zero-order valence-corrected chi connectivity index (χ0v) is 13.2. The molecule has 1 atom stereocenters. The van der Waals surface area contributed by atoms with Gasteiger partial charge in [0.1, 0.15) is 0 Å². The SMILES string of the molecule is O=C(O)CC1CN(C(=O)C=Cc2cccc(Cl)c2Cl)CCO1. The number of benzene rings is 1. The highest BCUT2D eigenvalue weighted by atomic mass is 35.5. The van der Waals surface area contributed by atoms with Crippen molar-refractivity contribution in [1.29, 1.82) is 0 Å². The van der Waals surface area contributed by atoms with Crippen molar-refractivity contribution in [2.45, 2.75) is 12.5 Å². The third-order valence-electron chi connectivity index (χ3n) is 3.24. The first-order chi connectivity index (χ1) is 10.5. The van der Waals surface area contributed by atoms with E-state index in [1.165, 1.54) is 6.08 Å². The molecule has 1 aliphatic heterocycles. The Morgan fingerprint density at radius 2 is 2.18 bits per heavy atom. The van der Waals surface area contributed by atoms with Gasteiger partial charge < -0.3 is 14.7 Å². The summed E-state index contributed by atoms with van der Waals surface area (Å²) in [5.74, 6) is -1.16. The summed E-state index contributed by atoms with van der Waals surface area (Å²) >= 11 is 12.0. The maximum atomic E-state index is 12.2. The summed E-state index contributed by atoms with van der Waals surface area (Å²) < 4.78 is 5.33. The van der Waals surface area contributed by atoms with Gasteiger partial charge in [0, 0.05) is 19.2 Å². The fraction of sp³-hybridized carbons (Fsp3) is 0.333. The predicted molar refractivity (Wildman–Crippen MR) is 84.1 cm³/mol. The number of carbonyl (C=O) groups is 2. The Labute approximate surface area is 138 Å². The smallest absolute Gasteiger partial charge is 0.306 e. The summed E-state index contributed by atoms with van der Waals surface area (Å²) in [6, 6.07) is 5.17. The van der Waals surface area contributed by atoms with E-state index in [-0.39, 0.29) is 18.9 Å². The summed E-state index contributed by atoms with van der Waals surface area (Å²) in [5.41, 5.74) is 0.651. The highest BCUT2D eigenvalue weighted by molar-refractivity contribution is 6.42. The molecular weight excluding hydrogens is 329 g/mol. The third-order valence-corrected chi connectivity index (χ3v) is 4.07. The van der Waals surface area contributed by atoms with Crippen molar-refractivity contribution in [2.24, 2.45) is 0 Å². The molecule has 0 aliphatic carbocycles. The first-order valence-electron chi connectivity index (χ1n) is 6.72. The molecule has 0 bridgehead atoms. The van der Waals surface area contributed by atoms with Gasteiger partial charge in [-0.2, -0.15) is 0 Å². The minimum atomic E-state index is -0.944. The molecule has 1 fully saturated rings. The van der Waals surface area contributed by atoms with Crippen LogP contribution in [0.5, 0.6) is 0 Å². The lowest BCUT2D eigenvalue weighted by molar-refractivity contribution is -0.145. The quantitative estimate of drug-likeness (QED) is 0.853. The van der Waals surface area contributed by atoms with Gasteiger partial charge in [-0.05, 0) is 17.7 Å². The van der Waals surface area contributed by atoms with Crippen molar-refractivity contribution in [2.75, 3.05) is 19.7 Å². The Balaban J connectivity index is 2.00. The van der Waals surface area contributed by atoms with E-state index < -0.39 is 12.1 Å². The zero-order chi connectivity index (χ0) is 16.1. The molecule has 1 aromatic carbocycles. The van der Waals surface area contributed by atoms with Crippen molar-refractivity contribution in [3.63, 3.8) is 0 Å². The van der Waals surface area contributed by atoms with Crippen LogP contribution in [0.1, 0.15) is 12.0 Å². The molecule has 1 N–H and O–H groups in total. The van der Waals surface area contributed by atoms with Gasteiger partial charge >= 0.3 is 5.97 Å². The molecular formula is C15H15Cl2NO4. The number of carboxylic acid groups (broad SMARTS) is 1. The van der Waals surface area contributed by atoms with Crippen LogP contribution in [0.3, 0.4) is 0 Å². The minimum absolute atomic E-state index is 0.117. The lowest BCUT2D eigenvalue weighted by atomic mass is 10.2. The van der Waals surface area contributed by atoms with Gasteiger partial charge in [0.15, 0.2) is 0 Å². The van der Waals surface area contributed by atoms with Crippen LogP contribution >= 0.6 is 23.2 Å². The molecule has 0 aromatic heterocycles. The molecule has 7 heteroatoms. The maximum absolute atomic E-state index is 12.2. The molecule has 1 amide bonds. The molecule has 0 saturated carbocycles. The van der Waals surface area contributed by atoms with Crippen LogP contribution in [0.25, 0.3) is 6.08 Å². The van der Waals surface area contributed by atoms with Crippen LogP contribution < -0.4 is 0 Å². The number of aliphatic carboxylic acids is 1. The Hall–Kier alpha value is -1.56. The lowest BCUT2D eigenvalue weighted by Gasteiger charge is -2.31. The van der Waals surface area contributed by atoms with Crippen molar-refractivity contribution in [3.8, 4) is 0 Å². The molecule has 1 aliphatic rings. The fourth-order valence-corrected chi connectivity index (χ4v) is 2.52. The summed E-state index contributed by atoms with van der Waals surface area (Å²) in [6.45, 7) is 1.02. The molecule has 1 saturated heterocycles. The number of rotatable bonds is 4. The van der Waals surface area contributed by atoms with Crippen molar-refractivity contribution in [1.82, 2.24) is 4.90 Å². The summed E-state index contributed by atoms with van der Waals surface area (Å²) in [7, 11) is 0. The van der Waals surface area contributed by atoms with E-state index in [4.69, 9.17) is 33.0 Å². The second kappa shape index (κ2) is 7.63. The third kappa shape index (κ3) is 4.47. The van der Waals surface area contributed by atoms with Gasteiger partial charge in [-0.25, -0.2) is 0 Å². The van der Waals surface area contributed by atoms with E-state index in [1.54, 1.807) is 29.2 Å². The topological polar surface area (TPSA) is 66.8 Å². The first kappa shape index (κ1) is 16.8. The number of amides is 1. The van der Waals surface area contributed by atoms with Crippen LogP contribution in [0.4, 0.5) is 0 Å². The number of nitrogens with zero attached hydrogens (tertiary/aromatic N) is 1. The Bertz CT molecular complexity index is 603. The summed E-state index contributed by atoms with van der Waals surface area (Å²) in [4.78, 5) is 24.4. The molecule has 1 unspecified atom stereocenters. The van der Waals surface area contributed by atoms with Gasteiger partial charge in [0.2, 0.25) is 5.91 Å². The number of halogens is 2. The number of ether oxygens (including phenoxy) is 1. The van der Waals surface area contributed by atoms with Crippen LogP contribution in [0.15, 0.2) is 24.3 Å². The molecule has 22 heavy (non-hydrogen) atoms. The van der Waals surface area contributed by atoms with E-state index in [0.29, 0.717) is 28.8 Å². The lowest BCUT2D eigenvalue weighted by Crippen LogP contribution is -2.45. The Morgan fingerprint density at radius 1 is 1.41 bits per heavy atom. The van der Waals surface area contributed by atoms with Crippen LogP contribution in [-0.2, 0) is 14.3 Å². The molecule has 2 rings (SSSR count). The molecule has 5 nitrogen and oxygen atoms in total. The average molecular weight is 344 g/mol. The van der Waals surface area contributed by atoms with Crippen molar-refractivity contribution >= 4 is 41.2 Å². The van der Waals surface area contributed by atoms with Crippen LogP contribution in [0.2, 0.25) is 10.0 Å². The monoisotopic (exact) mass is 343 g/mol. The standard InChI is InChI=1S/C15H15Cl2NO4/c16-12-3-1-2-10(15(12)17)4-5-13(19)18-6-7-22-11(9-18)8-14(20)21/h1-5,11H,6-9H2,(H,20,21). The highest BCUT2D eigenvalue weighted by Crippen LogP contribution is 2.26. The molecule has 1 aromatic rings. The van der Waals surface area contributed by atoms with Gasteiger partial charge in [-0.15, -0.1) is 0 Å². The maximum Gasteiger partial charge on any atom is 0.306 e. The fourth-order valence-electron chi connectivity index (χ4n) is 2.15. The average Bonchev–Trinajstić information content (AvgIpc) is 2.48. The van der Waals surface area contributed by atoms with Gasteiger partial charge in [0.25, 0.3) is 0 Å². The number of hydrogen-bond donors (Lipinski definition) is 1. The number of carbonyl (C=O) groups excluding carboxylic acids is 1. The summed E-state index contributed by atoms with van der Waals surface area (Å²) in [6.07, 6.45) is 2.41. The van der Waals surface area contributed by atoms with E-state index in [9.17, 15) is 9.59 Å². The zero-order valence-electron chi connectivity index (χ0n) is 11.7. The van der Waals surface area contributed by atoms with E-state index in [2.05, 4.69) is 0 Å². The highest BCUT2D eigenvalue weighted by Gasteiger charge is 2.24.